The van der Waals surface area contributed by atoms with Crippen LogP contribution >= 0.6 is 0 Å². The first kappa shape index (κ1) is 12.5. The van der Waals surface area contributed by atoms with E-state index in [9.17, 15) is 4.79 Å². The maximum Gasteiger partial charge on any atom is 0.310 e. The molecule has 0 aliphatic heterocycles. The van der Waals surface area contributed by atoms with Crippen molar-refractivity contribution in [1.82, 2.24) is 5.32 Å². The second-order valence-corrected chi connectivity index (χ2v) is 6.32. The Morgan fingerprint density at radius 1 is 1.22 bits per heavy atom. The quantitative estimate of drug-likeness (QED) is 0.736. The lowest BCUT2D eigenvalue weighted by atomic mass is 9.84. The first-order valence-electron chi connectivity index (χ1n) is 7.69. The topological polar surface area (TPSA) is 38.3 Å². The molecule has 0 amide bonds. The van der Waals surface area contributed by atoms with E-state index in [-0.39, 0.29) is 11.9 Å². The van der Waals surface area contributed by atoms with Crippen LogP contribution in [-0.2, 0) is 9.53 Å². The highest BCUT2D eigenvalue weighted by Gasteiger charge is 2.51. The molecule has 3 aliphatic rings. The average Bonchev–Trinajstić information content (AvgIpc) is 2.96. The summed E-state index contributed by atoms with van der Waals surface area (Å²) in [5, 5.41) is 3.67. The molecule has 3 fully saturated rings. The highest BCUT2D eigenvalue weighted by molar-refractivity contribution is 5.74. The van der Waals surface area contributed by atoms with Gasteiger partial charge in [-0.3, -0.25) is 4.79 Å². The normalized spacial score (nSPS) is 38.1. The molecule has 0 aromatic carbocycles. The lowest BCUT2D eigenvalue weighted by Gasteiger charge is -2.30. The van der Waals surface area contributed by atoms with Gasteiger partial charge in [0.15, 0.2) is 0 Å². The summed E-state index contributed by atoms with van der Waals surface area (Å²) in [5.41, 5.74) is 0. The number of esters is 1. The van der Waals surface area contributed by atoms with E-state index in [1.165, 1.54) is 38.5 Å². The molecule has 3 rings (SSSR count). The third-order valence-electron chi connectivity index (χ3n) is 5.10. The van der Waals surface area contributed by atoms with Gasteiger partial charge in [-0.1, -0.05) is 12.8 Å². The van der Waals surface area contributed by atoms with E-state index in [0.717, 1.165) is 18.4 Å². The lowest BCUT2D eigenvalue weighted by Crippen LogP contribution is -2.45. The molecule has 4 atom stereocenters. The molecule has 0 spiro atoms. The van der Waals surface area contributed by atoms with Crippen LogP contribution in [0.3, 0.4) is 0 Å². The minimum atomic E-state index is 0.0496. The van der Waals surface area contributed by atoms with Crippen LogP contribution in [0.2, 0.25) is 0 Å². The summed E-state index contributed by atoms with van der Waals surface area (Å²) in [6.45, 7) is 3.51. The molecule has 2 bridgehead atoms. The van der Waals surface area contributed by atoms with E-state index < -0.39 is 0 Å². The van der Waals surface area contributed by atoms with Gasteiger partial charge in [0.25, 0.3) is 0 Å². The highest BCUT2D eigenvalue weighted by Crippen LogP contribution is 2.49. The van der Waals surface area contributed by atoms with Crippen molar-refractivity contribution in [2.45, 2.75) is 51.5 Å². The predicted molar refractivity (Wildman–Crippen MR) is 70.1 cm³/mol. The van der Waals surface area contributed by atoms with Crippen LogP contribution in [0.15, 0.2) is 0 Å². The van der Waals surface area contributed by atoms with Gasteiger partial charge in [0, 0.05) is 6.04 Å². The van der Waals surface area contributed by atoms with Crippen LogP contribution in [-0.4, -0.2) is 25.2 Å². The van der Waals surface area contributed by atoms with Crippen LogP contribution in [0, 0.1) is 23.7 Å². The van der Waals surface area contributed by atoms with Crippen molar-refractivity contribution in [2.75, 3.05) is 13.2 Å². The molecule has 3 nitrogen and oxygen atoms in total. The number of ether oxygens (including phenoxy) is 1. The van der Waals surface area contributed by atoms with Crippen molar-refractivity contribution < 1.29 is 9.53 Å². The Hall–Kier alpha value is -0.570. The lowest BCUT2D eigenvalue weighted by molar-refractivity contribution is -0.150. The molecule has 1 N–H and O–H groups in total. The SMILES string of the molecule is CCOC(=O)[C@@H]1[C@H]2CC[C@H](C2)[C@@H]1NCCC1CC1. The van der Waals surface area contributed by atoms with Gasteiger partial charge in [0.2, 0.25) is 0 Å². The molecule has 3 heteroatoms. The van der Waals surface area contributed by atoms with Crippen molar-refractivity contribution in [3.05, 3.63) is 0 Å². The standard InChI is InChI=1S/C15H25NO2/c1-2-18-15(17)13-11-5-6-12(9-11)14(13)16-8-7-10-3-4-10/h10-14,16H,2-9H2,1H3/t11-,12+,13+,14-/m0/s1. The molecule has 0 unspecified atom stereocenters. The molecule has 0 aromatic heterocycles. The molecule has 3 saturated carbocycles. The summed E-state index contributed by atoms with van der Waals surface area (Å²) in [7, 11) is 0. The van der Waals surface area contributed by atoms with Gasteiger partial charge in [0.1, 0.15) is 0 Å². The van der Waals surface area contributed by atoms with E-state index >= 15 is 0 Å². The fourth-order valence-corrected chi connectivity index (χ4v) is 4.02. The second-order valence-electron chi connectivity index (χ2n) is 6.32. The maximum atomic E-state index is 12.1. The van der Waals surface area contributed by atoms with Gasteiger partial charge < -0.3 is 10.1 Å². The number of fused-ring (bicyclic) bond motifs is 2. The first-order chi connectivity index (χ1) is 8.79. The number of carbonyl (C=O) groups excluding carboxylic acids is 1. The summed E-state index contributed by atoms with van der Waals surface area (Å²) in [5.74, 6) is 2.48. The minimum Gasteiger partial charge on any atom is -0.466 e. The van der Waals surface area contributed by atoms with Crippen molar-refractivity contribution in [1.29, 1.82) is 0 Å². The van der Waals surface area contributed by atoms with Gasteiger partial charge in [-0.25, -0.2) is 0 Å². The average molecular weight is 251 g/mol. The largest absolute Gasteiger partial charge is 0.466 e. The summed E-state index contributed by atoms with van der Waals surface area (Å²) in [6, 6.07) is 0.404. The van der Waals surface area contributed by atoms with Crippen molar-refractivity contribution in [3.63, 3.8) is 0 Å². The number of nitrogens with one attached hydrogen (secondary N) is 1. The molecule has 18 heavy (non-hydrogen) atoms. The Labute approximate surface area is 110 Å². The van der Waals surface area contributed by atoms with E-state index in [4.69, 9.17) is 4.74 Å². The van der Waals surface area contributed by atoms with Crippen LogP contribution in [0.5, 0.6) is 0 Å². The first-order valence-corrected chi connectivity index (χ1v) is 7.69. The second kappa shape index (κ2) is 5.20. The van der Waals surface area contributed by atoms with Crippen molar-refractivity contribution >= 4 is 5.97 Å². The molecule has 102 valence electrons. The fraction of sp³-hybridized carbons (Fsp3) is 0.933. The molecule has 0 saturated heterocycles. The Kier molecular flexibility index (Phi) is 3.60. The minimum absolute atomic E-state index is 0.0496. The molecular weight excluding hydrogens is 226 g/mol. The molecule has 3 aliphatic carbocycles. The zero-order valence-electron chi connectivity index (χ0n) is 11.4. The summed E-state index contributed by atoms with van der Waals surface area (Å²) < 4.78 is 5.27. The number of hydrogen-bond donors (Lipinski definition) is 1. The Morgan fingerprint density at radius 3 is 2.72 bits per heavy atom. The van der Waals surface area contributed by atoms with Crippen LogP contribution in [0.25, 0.3) is 0 Å². The molecule has 0 radical (unpaired) electrons. The molecule has 0 aromatic rings. The van der Waals surface area contributed by atoms with Gasteiger partial charge >= 0.3 is 5.97 Å². The van der Waals surface area contributed by atoms with Gasteiger partial charge in [0.05, 0.1) is 12.5 Å². The van der Waals surface area contributed by atoms with Gasteiger partial charge in [-0.2, -0.15) is 0 Å². The van der Waals surface area contributed by atoms with Crippen LogP contribution < -0.4 is 5.32 Å². The zero-order valence-corrected chi connectivity index (χ0v) is 11.4. The number of rotatable bonds is 6. The zero-order chi connectivity index (χ0) is 12.5. The van der Waals surface area contributed by atoms with Gasteiger partial charge in [-0.15, -0.1) is 0 Å². The third-order valence-corrected chi connectivity index (χ3v) is 5.10. The molecular formula is C15H25NO2. The molecule has 0 heterocycles. The van der Waals surface area contributed by atoms with Crippen molar-refractivity contribution in [2.24, 2.45) is 23.7 Å². The van der Waals surface area contributed by atoms with Crippen molar-refractivity contribution in [3.8, 4) is 0 Å². The summed E-state index contributed by atoms with van der Waals surface area (Å²) in [4.78, 5) is 12.1. The van der Waals surface area contributed by atoms with Crippen LogP contribution in [0.1, 0.15) is 45.4 Å². The fourth-order valence-electron chi connectivity index (χ4n) is 4.02. The maximum absolute atomic E-state index is 12.1. The highest BCUT2D eigenvalue weighted by atomic mass is 16.5. The Morgan fingerprint density at radius 2 is 2.00 bits per heavy atom. The predicted octanol–water partition coefficient (Wildman–Crippen LogP) is 2.35. The smallest absolute Gasteiger partial charge is 0.310 e. The van der Waals surface area contributed by atoms with Gasteiger partial charge in [-0.05, 0) is 56.9 Å². The van der Waals surface area contributed by atoms with E-state index in [1.54, 1.807) is 0 Å². The van der Waals surface area contributed by atoms with E-state index in [1.807, 2.05) is 6.92 Å². The number of hydrogen-bond acceptors (Lipinski definition) is 3. The Bertz CT molecular complexity index is 314. The van der Waals surface area contributed by atoms with E-state index in [0.29, 0.717) is 18.6 Å². The Balaban J connectivity index is 1.56. The monoisotopic (exact) mass is 251 g/mol. The van der Waals surface area contributed by atoms with E-state index in [2.05, 4.69) is 5.32 Å². The summed E-state index contributed by atoms with van der Waals surface area (Å²) >= 11 is 0. The number of carbonyl (C=O) groups is 1. The summed E-state index contributed by atoms with van der Waals surface area (Å²) in [6.07, 6.45) is 7.91. The van der Waals surface area contributed by atoms with Crippen LogP contribution in [0.4, 0.5) is 0 Å². The third kappa shape index (κ3) is 2.42.